The largest absolute Gasteiger partial charge is 0.364 e. The van der Waals surface area contributed by atoms with Crippen LogP contribution in [0.3, 0.4) is 0 Å². The molecule has 0 spiro atoms. The maximum absolute atomic E-state index is 4.82. The first-order valence-electron chi connectivity index (χ1n) is 4.37. The summed E-state index contributed by atoms with van der Waals surface area (Å²) in [5.74, 6) is 0. The summed E-state index contributed by atoms with van der Waals surface area (Å²) in [6.07, 6.45) is 2.81. The lowest BCUT2D eigenvalue weighted by Gasteiger charge is -2.08. The summed E-state index contributed by atoms with van der Waals surface area (Å²) >= 11 is 0. The van der Waals surface area contributed by atoms with Gasteiger partial charge in [0.15, 0.2) is 0 Å². The Morgan fingerprint density at radius 2 is 2.42 bits per heavy atom. The highest BCUT2D eigenvalue weighted by atomic mass is 16.5. The topological polar surface area (TPSA) is 38.1 Å². The minimum Gasteiger partial charge on any atom is -0.364 e. The first kappa shape index (κ1) is 9.26. The number of hydrogen-bond donors (Lipinski definition) is 1. The predicted molar refractivity (Wildman–Crippen MR) is 47.8 cm³/mol. The SMILES string of the molecule is CCC(C)NCc1nocc1C. The van der Waals surface area contributed by atoms with E-state index >= 15 is 0 Å². The van der Waals surface area contributed by atoms with E-state index in [2.05, 4.69) is 24.3 Å². The molecule has 0 fully saturated rings. The molecule has 1 atom stereocenters. The molecule has 0 bridgehead atoms. The van der Waals surface area contributed by atoms with E-state index < -0.39 is 0 Å². The van der Waals surface area contributed by atoms with E-state index in [1.54, 1.807) is 6.26 Å². The third-order valence-electron chi connectivity index (χ3n) is 2.08. The molecule has 0 saturated carbocycles. The summed E-state index contributed by atoms with van der Waals surface area (Å²) in [5.41, 5.74) is 2.13. The van der Waals surface area contributed by atoms with Crippen molar-refractivity contribution >= 4 is 0 Å². The van der Waals surface area contributed by atoms with Crippen LogP contribution >= 0.6 is 0 Å². The lowest BCUT2D eigenvalue weighted by atomic mass is 10.2. The van der Waals surface area contributed by atoms with E-state index in [1.165, 1.54) is 0 Å². The van der Waals surface area contributed by atoms with Gasteiger partial charge in [-0.1, -0.05) is 12.1 Å². The average molecular weight is 168 g/mol. The molecule has 1 rings (SSSR count). The van der Waals surface area contributed by atoms with Crippen LogP contribution in [-0.4, -0.2) is 11.2 Å². The fraction of sp³-hybridized carbons (Fsp3) is 0.667. The molecule has 1 heterocycles. The van der Waals surface area contributed by atoms with Gasteiger partial charge < -0.3 is 9.84 Å². The van der Waals surface area contributed by atoms with Crippen molar-refractivity contribution in [2.45, 2.75) is 39.8 Å². The number of nitrogens with zero attached hydrogens (tertiary/aromatic N) is 1. The molecule has 68 valence electrons. The Morgan fingerprint density at radius 3 is 2.92 bits per heavy atom. The van der Waals surface area contributed by atoms with Crippen molar-refractivity contribution in [1.29, 1.82) is 0 Å². The second kappa shape index (κ2) is 4.26. The monoisotopic (exact) mass is 168 g/mol. The van der Waals surface area contributed by atoms with Gasteiger partial charge in [0, 0.05) is 18.2 Å². The molecule has 0 aliphatic rings. The van der Waals surface area contributed by atoms with E-state index in [0.29, 0.717) is 6.04 Å². The van der Waals surface area contributed by atoms with Crippen LogP contribution in [0.4, 0.5) is 0 Å². The highest BCUT2D eigenvalue weighted by Crippen LogP contribution is 2.04. The van der Waals surface area contributed by atoms with Crippen molar-refractivity contribution < 1.29 is 4.52 Å². The Bertz CT molecular complexity index is 232. The van der Waals surface area contributed by atoms with Crippen molar-refractivity contribution in [1.82, 2.24) is 10.5 Å². The molecule has 0 radical (unpaired) electrons. The first-order chi connectivity index (χ1) is 5.74. The van der Waals surface area contributed by atoms with Gasteiger partial charge in [-0.05, 0) is 20.3 Å². The van der Waals surface area contributed by atoms with E-state index in [4.69, 9.17) is 4.52 Å². The Morgan fingerprint density at radius 1 is 1.67 bits per heavy atom. The molecule has 12 heavy (non-hydrogen) atoms. The summed E-state index contributed by atoms with van der Waals surface area (Å²) in [7, 11) is 0. The van der Waals surface area contributed by atoms with Crippen molar-refractivity contribution in [2.75, 3.05) is 0 Å². The summed E-state index contributed by atoms with van der Waals surface area (Å²) in [6, 6.07) is 0.543. The number of aryl methyl sites for hydroxylation is 1. The molecular weight excluding hydrogens is 152 g/mol. The normalized spacial score (nSPS) is 13.2. The molecule has 0 aromatic carbocycles. The van der Waals surface area contributed by atoms with E-state index in [0.717, 1.165) is 24.2 Å². The molecule has 1 aromatic heterocycles. The summed E-state index contributed by atoms with van der Waals surface area (Å²) in [6.45, 7) is 7.13. The van der Waals surface area contributed by atoms with Crippen LogP contribution in [0.5, 0.6) is 0 Å². The van der Waals surface area contributed by atoms with Gasteiger partial charge in [-0.25, -0.2) is 0 Å². The molecule has 1 aromatic rings. The number of rotatable bonds is 4. The van der Waals surface area contributed by atoms with E-state index in [9.17, 15) is 0 Å². The van der Waals surface area contributed by atoms with Crippen LogP contribution < -0.4 is 5.32 Å². The maximum Gasteiger partial charge on any atom is 0.127 e. The molecule has 0 aliphatic heterocycles. The van der Waals surface area contributed by atoms with Crippen LogP contribution in [0.1, 0.15) is 31.5 Å². The zero-order valence-electron chi connectivity index (χ0n) is 7.92. The number of aromatic nitrogens is 1. The Balaban J connectivity index is 2.38. The van der Waals surface area contributed by atoms with Gasteiger partial charge in [-0.15, -0.1) is 0 Å². The minimum atomic E-state index is 0.543. The Labute approximate surface area is 73.1 Å². The van der Waals surface area contributed by atoms with Crippen LogP contribution in [-0.2, 0) is 6.54 Å². The van der Waals surface area contributed by atoms with Crippen molar-refractivity contribution in [3.05, 3.63) is 17.5 Å². The molecular formula is C9H16N2O. The second-order valence-corrected chi connectivity index (χ2v) is 3.13. The third kappa shape index (κ3) is 2.34. The van der Waals surface area contributed by atoms with E-state index in [-0.39, 0.29) is 0 Å². The fourth-order valence-corrected chi connectivity index (χ4v) is 0.896. The lowest BCUT2D eigenvalue weighted by molar-refractivity contribution is 0.404. The van der Waals surface area contributed by atoms with Gasteiger partial charge in [-0.2, -0.15) is 0 Å². The Kier molecular flexibility index (Phi) is 3.29. The first-order valence-corrected chi connectivity index (χ1v) is 4.37. The van der Waals surface area contributed by atoms with Gasteiger partial charge in [0.25, 0.3) is 0 Å². The van der Waals surface area contributed by atoms with Crippen molar-refractivity contribution in [3.8, 4) is 0 Å². The molecule has 0 amide bonds. The van der Waals surface area contributed by atoms with Crippen LogP contribution in [0.2, 0.25) is 0 Å². The van der Waals surface area contributed by atoms with Crippen LogP contribution in [0.15, 0.2) is 10.8 Å². The van der Waals surface area contributed by atoms with Gasteiger partial charge in [0.2, 0.25) is 0 Å². The number of nitrogens with one attached hydrogen (secondary N) is 1. The molecule has 1 N–H and O–H groups in total. The molecule has 3 heteroatoms. The van der Waals surface area contributed by atoms with Crippen LogP contribution in [0.25, 0.3) is 0 Å². The third-order valence-corrected chi connectivity index (χ3v) is 2.08. The standard InChI is InChI=1S/C9H16N2O/c1-4-8(3)10-5-9-7(2)6-12-11-9/h6,8,10H,4-5H2,1-3H3. The highest BCUT2D eigenvalue weighted by Gasteiger charge is 2.03. The molecule has 3 nitrogen and oxygen atoms in total. The quantitative estimate of drug-likeness (QED) is 0.745. The van der Waals surface area contributed by atoms with Crippen molar-refractivity contribution in [3.63, 3.8) is 0 Å². The minimum absolute atomic E-state index is 0.543. The van der Waals surface area contributed by atoms with Gasteiger partial charge >= 0.3 is 0 Å². The summed E-state index contributed by atoms with van der Waals surface area (Å²) in [4.78, 5) is 0. The molecule has 1 unspecified atom stereocenters. The van der Waals surface area contributed by atoms with Crippen LogP contribution in [0, 0.1) is 6.92 Å². The Hall–Kier alpha value is -0.830. The lowest BCUT2D eigenvalue weighted by Crippen LogP contribution is -2.24. The zero-order valence-corrected chi connectivity index (χ0v) is 7.92. The second-order valence-electron chi connectivity index (χ2n) is 3.13. The summed E-state index contributed by atoms with van der Waals surface area (Å²) in [5, 5.41) is 7.24. The van der Waals surface area contributed by atoms with Crippen molar-refractivity contribution in [2.24, 2.45) is 0 Å². The highest BCUT2D eigenvalue weighted by molar-refractivity contribution is 5.11. The smallest absolute Gasteiger partial charge is 0.127 e. The zero-order chi connectivity index (χ0) is 8.97. The van der Waals surface area contributed by atoms with Gasteiger partial charge in [0.1, 0.15) is 12.0 Å². The fourth-order valence-electron chi connectivity index (χ4n) is 0.896. The predicted octanol–water partition coefficient (Wildman–Crippen LogP) is 1.87. The van der Waals surface area contributed by atoms with Gasteiger partial charge in [-0.3, -0.25) is 0 Å². The van der Waals surface area contributed by atoms with E-state index in [1.807, 2.05) is 6.92 Å². The van der Waals surface area contributed by atoms with Gasteiger partial charge in [0.05, 0.1) is 0 Å². The maximum atomic E-state index is 4.82. The summed E-state index contributed by atoms with van der Waals surface area (Å²) < 4.78 is 4.82. The molecule has 0 aliphatic carbocycles. The number of hydrogen-bond acceptors (Lipinski definition) is 3. The average Bonchev–Trinajstić information content (AvgIpc) is 2.47. The molecule has 0 saturated heterocycles.